The molecule has 0 unspecified atom stereocenters. The van der Waals surface area contributed by atoms with Crippen molar-refractivity contribution in [3.05, 3.63) is 0 Å². The lowest BCUT2D eigenvalue weighted by Gasteiger charge is -2.05. The molecule has 0 bridgehead atoms. The summed E-state index contributed by atoms with van der Waals surface area (Å²) in [5.74, 6) is 0.599. The number of carbonyl (C=O) groups excluding carboxylic acids is 2. The lowest BCUT2D eigenvalue weighted by Crippen LogP contribution is -2.32. The summed E-state index contributed by atoms with van der Waals surface area (Å²) in [5.41, 5.74) is 0. The number of Topliss-reactive ketones (excluding diaryl/α,β-unsaturated/α-hetero) is 1. The highest BCUT2D eigenvalue weighted by molar-refractivity contribution is 5.80. The Labute approximate surface area is 111 Å². The second-order valence-corrected chi connectivity index (χ2v) is 5.02. The number of unbranched alkanes of at least 4 members (excludes halogenated alkanes) is 4. The highest BCUT2D eigenvalue weighted by Gasteiger charge is 2.05. The van der Waals surface area contributed by atoms with Crippen molar-refractivity contribution >= 4 is 11.7 Å². The Balaban J connectivity index is 3.21. The van der Waals surface area contributed by atoms with E-state index >= 15 is 0 Å². The zero-order valence-electron chi connectivity index (χ0n) is 12.1. The third-order valence-electron chi connectivity index (χ3n) is 2.90. The minimum atomic E-state index is 0.0556. The van der Waals surface area contributed by atoms with Gasteiger partial charge in [-0.3, -0.25) is 9.59 Å². The summed E-state index contributed by atoms with van der Waals surface area (Å²) in [6.45, 7) is 5.05. The van der Waals surface area contributed by atoms with Crippen LogP contribution in [0.5, 0.6) is 0 Å². The second-order valence-electron chi connectivity index (χ2n) is 5.02. The Hall–Kier alpha value is -0.900. The van der Waals surface area contributed by atoms with Gasteiger partial charge in [-0.25, -0.2) is 0 Å². The molecular weight excluding hydrogens is 228 g/mol. The number of carbonyl (C=O) groups is 2. The summed E-state index contributed by atoms with van der Waals surface area (Å²) in [4.78, 5) is 22.5. The SMILES string of the molecule is CNCC(=O)NCCCCCCCC(=O)C(C)C. The molecule has 0 aromatic rings. The second kappa shape index (κ2) is 11.2. The normalized spacial score (nSPS) is 10.7. The summed E-state index contributed by atoms with van der Waals surface area (Å²) < 4.78 is 0. The lowest BCUT2D eigenvalue weighted by molar-refractivity contribution is -0.122. The Morgan fingerprint density at radius 2 is 1.61 bits per heavy atom. The number of hydrogen-bond acceptors (Lipinski definition) is 3. The van der Waals surface area contributed by atoms with E-state index in [1.54, 1.807) is 7.05 Å². The van der Waals surface area contributed by atoms with E-state index in [4.69, 9.17) is 0 Å². The van der Waals surface area contributed by atoms with E-state index < -0.39 is 0 Å². The Morgan fingerprint density at radius 1 is 1.00 bits per heavy atom. The summed E-state index contributed by atoms with van der Waals surface area (Å²) in [7, 11) is 1.76. The van der Waals surface area contributed by atoms with Crippen LogP contribution in [0.2, 0.25) is 0 Å². The first kappa shape index (κ1) is 17.1. The van der Waals surface area contributed by atoms with Crippen molar-refractivity contribution in [2.75, 3.05) is 20.1 Å². The topological polar surface area (TPSA) is 58.2 Å². The average molecular weight is 256 g/mol. The van der Waals surface area contributed by atoms with Gasteiger partial charge in [0.25, 0.3) is 0 Å². The van der Waals surface area contributed by atoms with Gasteiger partial charge in [0, 0.05) is 18.9 Å². The highest BCUT2D eigenvalue weighted by Crippen LogP contribution is 2.08. The fraction of sp³-hybridized carbons (Fsp3) is 0.857. The van der Waals surface area contributed by atoms with Gasteiger partial charge in [0.1, 0.15) is 5.78 Å². The predicted octanol–water partition coefficient (Wildman–Crippen LogP) is 1.89. The van der Waals surface area contributed by atoms with Crippen molar-refractivity contribution in [2.45, 2.75) is 52.4 Å². The van der Waals surface area contributed by atoms with Crippen LogP contribution < -0.4 is 10.6 Å². The van der Waals surface area contributed by atoms with Crippen molar-refractivity contribution in [2.24, 2.45) is 5.92 Å². The van der Waals surface area contributed by atoms with Crippen LogP contribution in [-0.4, -0.2) is 31.8 Å². The largest absolute Gasteiger partial charge is 0.355 e. The molecule has 0 aromatic heterocycles. The van der Waals surface area contributed by atoms with Gasteiger partial charge in [0.2, 0.25) is 5.91 Å². The van der Waals surface area contributed by atoms with E-state index in [-0.39, 0.29) is 11.8 Å². The zero-order valence-corrected chi connectivity index (χ0v) is 12.1. The van der Waals surface area contributed by atoms with Crippen LogP contribution in [0.1, 0.15) is 52.4 Å². The molecule has 0 aromatic carbocycles. The molecule has 0 heterocycles. The van der Waals surface area contributed by atoms with Crippen LogP contribution in [-0.2, 0) is 9.59 Å². The Kier molecular flexibility index (Phi) is 10.6. The number of ketones is 1. The van der Waals surface area contributed by atoms with Crippen LogP contribution in [0, 0.1) is 5.92 Å². The van der Waals surface area contributed by atoms with Gasteiger partial charge in [-0.05, 0) is 19.9 Å². The maximum absolute atomic E-state index is 11.4. The van der Waals surface area contributed by atoms with Gasteiger partial charge in [0.15, 0.2) is 0 Å². The summed E-state index contributed by atoms with van der Waals surface area (Å²) in [5, 5.41) is 5.66. The van der Waals surface area contributed by atoms with Crippen LogP contribution in [0.3, 0.4) is 0 Å². The number of amides is 1. The molecule has 0 fully saturated rings. The summed E-state index contributed by atoms with van der Waals surface area (Å²) in [6, 6.07) is 0. The molecule has 0 atom stereocenters. The van der Waals surface area contributed by atoms with Crippen LogP contribution >= 0.6 is 0 Å². The molecule has 4 heteroatoms. The van der Waals surface area contributed by atoms with E-state index in [1.165, 1.54) is 0 Å². The Bertz CT molecular complexity index is 240. The van der Waals surface area contributed by atoms with Gasteiger partial charge in [0.05, 0.1) is 6.54 Å². The van der Waals surface area contributed by atoms with Crippen molar-refractivity contribution < 1.29 is 9.59 Å². The standard InChI is InChI=1S/C14H28N2O2/c1-12(2)13(17)9-7-5-4-6-8-10-16-14(18)11-15-3/h12,15H,4-11H2,1-3H3,(H,16,18). The summed E-state index contributed by atoms with van der Waals surface area (Å²) >= 11 is 0. The van der Waals surface area contributed by atoms with Crippen LogP contribution in [0.4, 0.5) is 0 Å². The molecule has 0 rings (SSSR count). The molecule has 0 spiro atoms. The zero-order chi connectivity index (χ0) is 13.8. The molecule has 0 saturated heterocycles. The first-order valence-corrected chi connectivity index (χ1v) is 7.02. The molecule has 18 heavy (non-hydrogen) atoms. The van der Waals surface area contributed by atoms with E-state index in [2.05, 4.69) is 10.6 Å². The van der Waals surface area contributed by atoms with E-state index in [9.17, 15) is 9.59 Å². The van der Waals surface area contributed by atoms with Crippen molar-refractivity contribution in [1.82, 2.24) is 10.6 Å². The molecule has 0 aliphatic rings. The highest BCUT2D eigenvalue weighted by atomic mass is 16.1. The molecular formula is C14H28N2O2. The summed E-state index contributed by atoms with van der Waals surface area (Å²) in [6.07, 6.45) is 6.12. The predicted molar refractivity (Wildman–Crippen MR) is 74.5 cm³/mol. The van der Waals surface area contributed by atoms with Crippen molar-refractivity contribution in [3.8, 4) is 0 Å². The van der Waals surface area contributed by atoms with E-state index in [0.29, 0.717) is 12.3 Å². The smallest absolute Gasteiger partial charge is 0.233 e. The number of likely N-dealkylation sites (N-methyl/N-ethyl adjacent to an activating group) is 1. The van der Waals surface area contributed by atoms with E-state index in [0.717, 1.165) is 45.1 Å². The fourth-order valence-electron chi connectivity index (χ4n) is 1.69. The average Bonchev–Trinajstić information content (AvgIpc) is 2.32. The number of nitrogens with one attached hydrogen (secondary N) is 2. The van der Waals surface area contributed by atoms with Crippen LogP contribution in [0.15, 0.2) is 0 Å². The first-order chi connectivity index (χ1) is 8.57. The molecule has 2 N–H and O–H groups in total. The number of rotatable bonds is 11. The Morgan fingerprint density at radius 3 is 2.22 bits per heavy atom. The first-order valence-electron chi connectivity index (χ1n) is 7.02. The molecule has 0 radical (unpaired) electrons. The van der Waals surface area contributed by atoms with Crippen molar-refractivity contribution in [3.63, 3.8) is 0 Å². The van der Waals surface area contributed by atoms with Gasteiger partial charge >= 0.3 is 0 Å². The molecule has 0 aliphatic carbocycles. The molecule has 106 valence electrons. The molecule has 4 nitrogen and oxygen atoms in total. The third-order valence-corrected chi connectivity index (χ3v) is 2.90. The maximum atomic E-state index is 11.4. The van der Waals surface area contributed by atoms with E-state index in [1.807, 2.05) is 13.8 Å². The minimum Gasteiger partial charge on any atom is -0.355 e. The van der Waals surface area contributed by atoms with Gasteiger partial charge in [-0.1, -0.05) is 33.1 Å². The molecule has 1 amide bonds. The van der Waals surface area contributed by atoms with Crippen molar-refractivity contribution in [1.29, 1.82) is 0 Å². The van der Waals surface area contributed by atoms with Crippen LogP contribution in [0.25, 0.3) is 0 Å². The van der Waals surface area contributed by atoms with Gasteiger partial charge in [-0.2, -0.15) is 0 Å². The monoisotopic (exact) mass is 256 g/mol. The fourth-order valence-corrected chi connectivity index (χ4v) is 1.69. The molecule has 0 aliphatic heterocycles. The quantitative estimate of drug-likeness (QED) is 0.555. The van der Waals surface area contributed by atoms with Gasteiger partial charge < -0.3 is 10.6 Å². The minimum absolute atomic E-state index is 0.0556. The lowest BCUT2D eigenvalue weighted by atomic mass is 10.0. The maximum Gasteiger partial charge on any atom is 0.233 e. The molecule has 0 saturated carbocycles. The number of hydrogen-bond donors (Lipinski definition) is 2. The third kappa shape index (κ3) is 10.3. The van der Waals surface area contributed by atoms with Gasteiger partial charge in [-0.15, -0.1) is 0 Å².